The van der Waals surface area contributed by atoms with Gasteiger partial charge in [-0.2, -0.15) is 0 Å². The molecule has 23 heavy (non-hydrogen) atoms. The maximum atomic E-state index is 12.2. The van der Waals surface area contributed by atoms with E-state index in [1.807, 2.05) is 6.92 Å². The fourth-order valence-electron chi connectivity index (χ4n) is 2.33. The summed E-state index contributed by atoms with van der Waals surface area (Å²) in [6.07, 6.45) is 0.202. The van der Waals surface area contributed by atoms with Gasteiger partial charge in [0, 0.05) is 25.2 Å². The van der Waals surface area contributed by atoms with Crippen LogP contribution in [0.2, 0.25) is 5.02 Å². The van der Waals surface area contributed by atoms with Crippen molar-refractivity contribution in [2.45, 2.75) is 13.3 Å². The average molecular weight is 341 g/mol. The van der Waals surface area contributed by atoms with Gasteiger partial charge in [-0.1, -0.05) is 11.6 Å². The van der Waals surface area contributed by atoms with Crippen molar-refractivity contribution in [3.05, 3.63) is 23.2 Å². The third-order valence-corrected chi connectivity index (χ3v) is 3.81. The summed E-state index contributed by atoms with van der Waals surface area (Å²) in [4.78, 5) is 36.0. The van der Waals surface area contributed by atoms with Gasteiger partial charge in [0.05, 0.1) is 10.9 Å². The summed E-state index contributed by atoms with van der Waals surface area (Å²) in [5.74, 6) is -1.54. The molecule has 2 amide bonds. The molecule has 0 saturated carbocycles. The second kappa shape index (κ2) is 7.32. The molecule has 8 heteroatoms. The maximum Gasteiger partial charge on any atom is 0.341 e. The van der Waals surface area contributed by atoms with Crippen molar-refractivity contribution in [1.82, 2.24) is 4.90 Å². The van der Waals surface area contributed by atoms with Crippen molar-refractivity contribution in [2.75, 3.05) is 25.0 Å². The molecule has 1 fully saturated rings. The fourth-order valence-corrected chi connectivity index (χ4v) is 2.57. The summed E-state index contributed by atoms with van der Waals surface area (Å²) in [5, 5.41) is 11.5. The zero-order valence-corrected chi connectivity index (χ0v) is 13.3. The highest BCUT2D eigenvalue weighted by Crippen LogP contribution is 2.28. The Bertz CT molecular complexity index is 634. The Hall–Kier alpha value is -2.28. The summed E-state index contributed by atoms with van der Waals surface area (Å²) in [5.41, 5.74) is 0.463. The van der Waals surface area contributed by atoms with E-state index in [9.17, 15) is 14.4 Å². The number of hydrogen-bond acceptors (Lipinski definition) is 4. The first kappa shape index (κ1) is 17.1. The number of carboxylic acid groups (broad SMARTS) is 1. The Morgan fingerprint density at radius 1 is 1.48 bits per heavy atom. The molecule has 0 aromatic heterocycles. The van der Waals surface area contributed by atoms with Gasteiger partial charge in [-0.3, -0.25) is 9.59 Å². The Morgan fingerprint density at radius 2 is 2.22 bits per heavy atom. The largest absolute Gasteiger partial charge is 0.480 e. The first-order chi connectivity index (χ1) is 10.9. The monoisotopic (exact) mass is 340 g/mol. The number of carboxylic acids is 1. The van der Waals surface area contributed by atoms with Gasteiger partial charge in [-0.15, -0.1) is 0 Å². The van der Waals surface area contributed by atoms with Gasteiger partial charge in [0.2, 0.25) is 11.8 Å². The van der Waals surface area contributed by atoms with Crippen LogP contribution in [-0.2, 0) is 14.4 Å². The molecular formula is C15H17ClN2O5. The SMILES string of the molecule is CCN1CC(C(=O)Nc2ccc(OCC(=O)O)c(Cl)c2)CC1=O. The number of carbonyl (C=O) groups is 3. The van der Waals surface area contributed by atoms with Crippen LogP contribution in [0.25, 0.3) is 0 Å². The molecule has 2 N–H and O–H groups in total. The second-order valence-electron chi connectivity index (χ2n) is 5.15. The molecule has 1 aliphatic rings. The van der Waals surface area contributed by atoms with E-state index < -0.39 is 12.6 Å². The number of nitrogens with one attached hydrogen (secondary N) is 1. The van der Waals surface area contributed by atoms with Crippen LogP contribution in [0.5, 0.6) is 5.75 Å². The quantitative estimate of drug-likeness (QED) is 0.820. The smallest absolute Gasteiger partial charge is 0.341 e. The van der Waals surface area contributed by atoms with Gasteiger partial charge in [-0.25, -0.2) is 4.79 Å². The van der Waals surface area contributed by atoms with Gasteiger partial charge in [0.1, 0.15) is 5.75 Å². The minimum atomic E-state index is -1.11. The van der Waals surface area contributed by atoms with E-state index in [2.05, 4.69) is 5.32 Å². The van der Waals surface area contributed by atoms with Gasteiger partial charge >= 0.3 is 5.97 Å². The van der Waals surface area contributed by atoms with Crippen LogP contribution in [0.15, 0.2) is 18.2 Å². The first-order valence-electron chi connectivity index (χ1n) is 7.13. The number of halogens is 1. The third kappa shape index (κ3) is 4.35. The van der Waals surface area contributed by atoms with E-state index in [1.54, 1.807) is 11.0 Å². The highest BCUT2D eigenvalue weighted by atomic mass is 35.5. The lowest BCUT2D eigenvalue weighted by molar-refractivity contribution is -0.139. The van der Waals surface area contributed by atoms with Gasteiger partial charge in [-0.05, 0) is 25.1 Å². The van der Waals surface area contributed by atoms with Crippen molar-refractivity contribution in [3.8, 4) is 5.75 Å². The topological polar surface area (TPSA) is 95.9 Å². The number of benzene rings is 1. The molecule has 124 valence electrons. The normalized spacial score (nSPS) is 17.2. The zero-order valence-electron chi connectivity index (χ0n) is 12.5. The molecule has 7 nitrogen and oxygen atoms in total. The molecule has 1 aromatic rings. The molecule has 0 bridgehead atoms. The highest BCUT2D eigenvalue weighted by molar-refractivity contribution is 6.32. The minimum absolute atomic E-state index is 0.0249. The number of ether oxygens (including phenoxy) is 1. The predicted molar refractivity (Wildman–Crippen MR) is 83.6 cm³/mol. The van der Waals surface area contributed by atoms with Crippen molar-refractivity contribution in [3.63, 3.8) is 0 Å². The number of carbonyl (C=O) groups excluding carboxylic acids is 2. The fraction of sp³-hybridized carbons (Fsp3) is 0.400. The zero-order chi connectivity index (χ0) is 17.0. The predicted octanol–water partition coefficient (Wildman–Crippen LogP) is 1.61. The van der Waals surface area contributed by atoms with E-state index in [1.165, 1.54) is 12.1 Å². The Kier molecular flexibility index (Phi) is 5.44. The van der Waals surface area contributed by atoms with Crippen LogP contribution in [0.1, 0.15) is 13.3 Å². The molecular weight excluding hydrogens is 324 g/mol. The summed E-state index contributed by atoms with van der Waals surface area (Å²) in [6.45, 7) is 2.37. The number of aliphatic carboxylic acids is 1. The molecule has 1 saturated heterocycles. The van der Waals surface area contributed by atoms with Crippen LogP contribution >= 0.6 is 11.6 Å². The molecule has 1 aliphatic heterocycles. The Labute approximate surface area is 138 Å². The van der Waals surface area contributed by atoms with E-state index in [0.29, 0.717) is 18.8 Å². The van der Waals surface area contributed by atoms with Gasteiger partial charge in [0.25, 0.3) is 0 Å². The second-order valence-corrected chi connectivity index (χ2v) is 5.56. The summed E-state index contributed by atoms with van der Waals surface area (Å²) in [7, 11) is 0. The van der Waals surface area contributed by atoms with Gasteiger partial charge in [0.15, 0.2) is 6.61 Å². The molecule has 1 aromatic carbocycles. The van der Waals surface area contributed by atoms with Crippen LogP contribution in [0.4, 0.5) is 5.69 Å². The molecule has 1 unspecified atom stereocenters. The number of amides is 2. The van der Waals surface area contributed by atoms with Crippen molar-refractivity contribution >= 4 is 35.1 Å². The molecule has 1 heterocycles. The molecule has 1 atom stereocenters. The molecule has 2 rings (SSSR count). The van der Waals surface area contributed by atoms with E-state index >= 15 is 0 Å². The molecule has 0 aliphatic carbocycles. The minimum Gasteiger partial charge on any atom is -0.480 e. The number of likely N-dealkylation sites (tertiary alicyclic amines) is 1. The number of hydrogen-bond donors (Lipinski definition) is 2. The molecule has 0 spiro atoms. The number of nitrogens with zero attached hydrogens (tertiary/aromatic N) is 1. The van der Waals surface area contributed by atoms with Crippen molar-refractivity contribution in [2.24, 2.45) is 5.92 Å². The van der Waals surface area contributed by atoms with E-state index in [-0.39, 0.29) is 34.9 Å². The average Bonchev–Trinajstić information content (AvgIpc) is 2.87. The van der Waals surface area contributed by atoms with Gasteiger partial charge < -0.3 is 20.1 Å². The lowest BCUT2D eigenvalue weighted by Crippen LogP contribution is -2.28. The summed E-state index contributed by atoms with van der Waals surface area (Å²) >= 11 is 5.99. The number of rotatable bonds is 6. The maximum absolute atomic E-state index is 12.2. The Morgan fingerprint density at radius 3 is 2.78 bits per heavy atom. The summed E-state index contributed by atoms with van der Waals surface area (Å²) in [6, 6.07) is 4.53. The third-order valence-electron chi connectivity index (χ3n) is 3.52. The van der Waals surface area contributed by atoms with Crippen molar-refractivity contribution in [1.29, 1.82) is 0 Å². The summed E-state index contributed by atoms with van der Waals surface area (Å²) < 4.78 is 5.01. The first-order valence-corrected chi connectivity index (χ1v) is 7.51. The standard InChI is InChI=1S/C15H17ClN2O5/c1-2-18-7-9(5-13(18)19)15(22)17-10-3-4-12(11(16)6-10)23-8-14(20)21/h3-4,6,9H,2,5,7-8H2,1H3,(H,17,22)(H,20,21). The van der Waals surface area contributed by atoms with Crippen LogP contribution in [0.3, 0.4) is 0 Å². The van der Waals surface area contributed by atoms with Crippen LogP contribution in [-0.4, -0.2) is 47.5 Å². The van der Waals surface area contributed by atoms with Crippen LogP contribution < -0.4 is 10.1 Å². The lowest BCUT2D eigenvalue weighted by atomic mass is 10.1. The molecule has 0 radical (unpaired) electrons. The van der Waals surface area contributed by atoms with E-state index in [0.717, 1.165) is 0 Å². The number of anilines is 1. The lowest BCUT2D eigenvalue weighted by Gasteiger charge is -2.14. The highest BCUT2D eigenvalue weighted by Gasteiger charge is 2.33. The van der Waals surface area contributed by atoms with Crippen LogP contribution in [0, 0.1) is 5.92 Å². The van der Waals surface area contributed by atoms with Crippen molar-refractivity contribution < 1.29 is 24.2 Å². The van der Waals surface area contributed by atoms with E-state index in [4.69, 9.17) is 21.4 Å². The Balaban J connectivity index is 1.98.